The number of carbonyl (C=O) groups is 2. The third-order valence-electron chi connectivity index (χ3n) is 5.91. The molecule has 1 N–H and O–H groups in total. The smallest absolute Gasteiger partial charge is 0.381 e. The van der Waals surface area contributed by atoms with Crippen LogP contribution in [-0.2, 0) is 27.6 Å². The summed E-state index contributed by atoms with van der Waals surface area (Å²) in [6, 6.07) is 11.1. The van der Waals surface area contributed by atoms with Gasteiger partial charge >= 0.3 is 5.97 Å². The molecule has 0 saturated carbocycles. The zero-order valence-electron chi connectivity index (χ0n) is 18.1. The van der Waals surface area contributed by atoms with Crippen molar-refractivity contribution in [3.8, 4) is 11.8 Å². The minimum absolute atomic E-state index is 0.102. The number of aliphatic carboxylic acids is 1. The van der Waals surface area contributed by atoms with E-state index >= 15 is 0 Å². The van der Waals surface area contributed by atoms with Gasteiger partial charge in [0.15, 0.2) is 15.6 Å². The van der Waals surface area contributed by atoms with Gasteiger partial charge in [0.25, 0.3) is 0 Å². The Bertz CT molecular complexity index is 1430. The van der Waals surface area contributed by atoms with Crippen molar-refractivity contribution in [2.45, 2.75) is 44.0 Å². The molecule has 3 aromatic rings. The molecule has 32 heavy (non-hydrogen) atoms. The van der Waals surface area contributed by atoms with E-state index < -0.39 is 15.8 Å². The third-order valence-corrected chi connectivity index (χ3v) is 7.01. The van der Waals surface area contributed by atoms with Crippen LogP contribution in [0.15, 0.2) is 41.3 Å². The molecule has 0 fully saturated rings. The van der Waals surface area contributed by atoms with Gasteiger partial charge < -0.3 is 9.67 Å². The van der Waals surface area contributed by atoms with Crippen LogP contribution in [0.4, 0.5) is 0 Å². The predicted molar refractivity (Wildman–Crippen MR) is 122 cm³/mol. The van der Waals surface area contributed by atoms with E-state index in [4.69, 9.17) is 5.11 Å². The van der Waals surface area contributed by atoms with Crippen LogP contribution >= 0.6 is 0 Å². The number of aryl methyl sites for hydroxylation is 2. The molecule has 0 saturated heterocycles. The summed E-state index contributed by atoms with van der Waals surface area (Å²) in [5.41, 5.74) is 4.97. The average Bonchev–Trinajstić information content (AvgIpc) is 3.26. The van der Waals surface area contributed by atoms with Gasteiger partial charge in [-0.3, -0.25) is 4.79 Å². The lowest BCUT2D eigenvalue weighted by Crippen LogP contribution is -2.10. The summed E-state index contributed by atoms with van der Waals surface area (Å²) in [5, 5.41) is 9.77. The number of nitrogens with zero attached hydrogens (tertiary/aromatic N) is 1. The van der Waals surface area contributed by atoms with Crippen LogP contribution in [-0.4, -0.2) is 36.1 Å². The van der Waals surface area contributed by atoms with Crippen molar-refractivity contribution in [3.63, 3.8) is 0 Å². The van der Waals surface area contributed by atoms with Crippen LogP contribution in [0, 0.1) is 18.8 Å². The molecule has 0 amide bonds. The number of benzene rings is 2. The SMILES string of the molecule is CC(=O)c1cc(S(C)(=O)=O)cc2c3c(n(Cc4ccc(C)cc4)c12)[C@@H](C#CC(=O)O)CC3. The number of carboxylic acid groups (broad SMARTS) is 1. The lowest BCUT2D eigenvalue weighted by atomic mass is 10.0. The lowest BCUT2D eigenvalue weighted by molar-refractivity contribution is -0.130. The molecule has 1 aliphatic carbocycles. The Morgan fingerprint density at radius 1 is 1.19 bits per heavy atom. The number of carbonyl (C=O) groups excluding carboxylic acids is 1. The summed E-state index contributed by atoms with van der Waals surface area (Å²) in [6.45, 7) is 3.90. The highest BCUT2D eigenvalue weighted by atomic mass is 32.2. The van der Waals surface area contributed by atoms with Gasteiger partial charge in [-0.2, -0.15) is 0 Å². The molecule has 6 nitrogen and oxygen atoms in total. The summed E-state index contributed by atoms with van der Waals surface area (Å²) < 4.78 is 26.7. The molecular weight excluding hydrogens is 426 g/mol. The second-order valence-corrected chi connectivity index (χ2v) is 10.3. The minimum Gasteiger partial charge on any atom is -0.472 e. The largest absolute Gasteiger partial charge is 0.472 e. The molecule has 0 aliphatic heterocycles. The molecule has 2 aromatic carbocycles. The van der Waals surface area contributed by atoms with E-state index in [1.54, 1.807) is 6.07 Å². The van der Waals surface area contributed by atoms with Crippen molar-refractivity contribution in [3.05, 3.63) is 64.3 Å². The normalized spacial score (nSPS) is 15.3. The van der Waals surface area contributed by atoms with Crippen molar-refractivity contribution >= 4 is 32.5 Å². The zero-order valence-corrected chi connectivity index (χ0v) is 18.9. The number of sulfone groups is 1. The molecule has 0 spiro atoms. The molecule has 0 radical (unpaired) electrons. The quantitative estimate of drug-likeness (QED) is 0.484. The minimum atomic E-state index is -3.52. The topological polar surface area (TPSA) is 93.4 Å². The Morgan fingerprint density at radius 3 is 2.47 bits per heavy atom. The number of rotatable bonds is 4. The van der Waals surface area contributed by atoms with E-state index in [1.165, 1.54) is 13.0 Å². The second-order valence-electron chi connectivity index (χ2n) is 8.30. The van der Waals surface area contributed by atoms with Crippen LogP contribution in [0.25, 0.3) is 10.9 Å². The number of hydrogen-bond donors (Lipinski definition) is 1. The Kier molecular flexibility index (Phi) is 5.43. The van der Waals surface area contributed by atoms with E-state index in [2.05, 4.69) is 11.8 Å². The fraction of sp³-hybridized carbons (Fsp3) is 0.280. The summed E-state index contributed by atoms with van der Waals surface area (Å²) in [6.07, 6.45) is 2.41. The van der Waals surface area contributed by atoms with Gasteiger partial charge in [0.2, 0.25) is 0 Å². The predicted octanol–water partition coefficient (Wildman–Crippen LogP) is 3.72. The Morgan fingerprint density at radius 2 is 1.88 bits per heavy atom. The van der Waals surface area contributed by atoms with Gasteiger partial charge in [0, 0.05) is 35.4 Å². The van der Waals surface area contributed by atoms with Gasteiger partial charge in [-0.1, -0.05) is 35.7 Å². The van der Waals surface area contributed by atoms with Crippen LogP contribution < -0.4 is 0 Å². The van der Waals surface area contributed by atoms with Gasteiger partial charge in [0.05, 0.1) is 16.3 Å². The lowest BCUT2D eigenvalue weighted by Gasteiger charge is -2.15. The Labute approximate surface area is 186 Å². The number of Topliss-reactive ketones (excluding diaryl/α,β-unsaturated/α-hetero) is 1. The van der Waals surface area contributed by atoms with Gasteiger partial charge in [-0.15, -0.1) is 0 Å². The molecule has 1 aromatic heterocycles. The standard InChI is InChI=1S/C25H23NO5S/c1-15-4-6-17(7-5-15)14-26-24-18(9-11-23(28)29)8-10-20(24)22-13-19(32(3,30)31)12-21(16(2)27)25(22)26/h4-7,12-13,18H,8,10,14H2,1-3H3,(H,28,29)/t18-/m1/s1. The maximum Gasteiger partial charge on any atom is 0.381 e. The first-order valence-corrected chi connectivity index (χ1v) is 12.2. The molecule has 4 rings (SSSR count). The number of hydrogen-bond acceptors (Lipinski definition) is 4. The van der Waals surface area contributed by atoms with Crippen LogP contribution in [0.3, 0.4) is 0 Å². The molecule has 1 atom stereocenters. The van der Waals surface area contributed by atoms with Crippen LogP contribution in [0.5, 0.6) is 0 Å². The first-order chi connectivity index (χ1) is 15.1. The summed E-state index contributed by atoms with van der Waals surface area (Å²) in [5.74, 6) is 3.36. The highest BCUT2D eigenvalue weighted by molar-refractivity contribution is 7.90. The number of fused-ring (bicyclic) bond motifs is 3. The van der Waals surface area contributed by atoms with Crippen LogP contribution in [0.2, 0.25) is 0 Å². The fourth-order valence-corrected chi connectivity index (χ4v) is 5.11. The Hall–Kier alpha value is -3.37. The highest BCUT2D eigenvalue weighted by Gasteiger charge is 2.31. The fourth-order valence-electron chi connectivity index (χ4n) is 4.45. The van der Waals surface area contributed by atoms with Crippen molar-refractivity contribution < 1.29 is 23.1 Å². The first kappa shape index (κ1) is 21.8. The van der Waals surface area contributed by atoms with E-state index in [0.717, 1.165) is 34.0 Å². The van der Waals surface area contributed by atoms with Gasteiger partial charge in [-0.25, -0.2) is 13.2 Å². The highest BCUT2D eigenvalue weighted by Crippen LogP contribution is 2.42. The van der Waals surface area contributed by atoms with Gasteiger partial charge in [-0.05, 0) is 49.9 Å². The zero-order chi connectivity index (χ0) is 23.2. The molecule has 0 unspecified atom stereocenters. The van der Waals surface area contributed by atoms with E-state index in [1.807, 2.05) is 35.8 Å². The molecule has 0 bridgehead atoms. The van der Waals surface area contributed by atoms with Crippen LogP contribution in [0.1, 0.15) is 52.0 Å². The Balaban J connectivity index is 2.05. The average molecular weight is 450 g/mol. The summed E-state index contributed by atoms with van der Waals surface area (Å²) in [7, 11) is -3.52. The molecule has 7 heteroatoms. The van der Waals surface area contributed by atoms with E-state index in [0.29, 0.717) is 30.5 Å². The first-order valence-electron chi connectivity index (χ1n) is 10.3. The number of carboxylic acids is 1. The van der Waals surface area contributed by atoms with Gasteiger partial charge in [0.1, 0.15) is 0 Å². The molecule has 1 aliphatic rings. The van der Waals surface area contributed by atoms with Crippen molar-refractivity contribution in [1.29, 1.82) is 0 Å². The maximum atomic E-state index is 12.6. The van der Waals surface area contributed by atoms with E-state index in [9.17, 15) is 18.0 Å². The van der Waals surface area contributed by atoms with Crippen molar-refractivity contribution in [1.82, 2.24) is 4.57 Å². The summed E-state index contributed by atoms with van der Waals surface area (Å²) in [4.78, 5) is 23.8. The second kappa shape index (κ2) is 7.95. The third kappa shape index (κ3) is 3.94. The maximum absolute atomic E-state index is 12.6. The summed E-state index contributed by atoms with van der Waals surface area (Å²) >= 11 is 0. The van der Waals surface area contributed by atoms with Crippen molar-refractivity contribution in [2.75, 3.05) is 6.26 Å². The van der Waals surface area contributed by atoms with Crippen molar-refractivity contribution in [2.24, 2.45) is 0 Å². The molecule has 164 valence electrons. The van der Waals surface area contributed by atoms with E-state index in [-0.39, 0.29) is 16.6 Å². The monoisotopic (exact) mass is 449 g/mol. The molecular formula is C25H23NO5S. The number of aromatic nitrogens is 1. The molecule has 1 heterocycles. The number of ketones is 1.